The van der Waals surface area contributed by atoms with Gasteiger partial charge < -0.3 is 0 Å². The Bertz CT molecular complexity index is 883. The van der Waals surface area contributed by atoms with Crippen molar-refractivity contribution in [1.82, 2.24) is 4.31 Å². The average Bonchev–Trinajstić information content (AvgIpc) is 3.39. The summed E-state index contributed by atoms with van der Waals surface area (Å²) in [6.07, 6.45) is 4.24. The molecule has 0 saturated carbocycles. The van der Waals surface area contributed by atoms with Crippen LogP contribution in [0.5, 0.6) is 0 Å². The van der Waals surface area contributed by atoms with E-state index in [1.807, 2.05) is 52.8 Å². The first kappa shape index (κ1) is 14.4. The Balaban J connectivity index is 1.53. The van der Waals surface area contributed by atoms with Crippen LogP contribution in [0.3, 0.4) is 0 Å². The van der Waals surface area contributed by atoms with Gasteiger partial charge >= 0.3 is 0 Å². The maximum Gasteiger partial charge on any atom is 0.128 e. The monoisotopic (exact) mass is 319 g/mol. The third-order valence-electron chi connectivity index (χ3n) is 4.06. The minimum Gasteiger partial charge on any atom is -0.237 e. The highest BCUT2D eigenvalue weighted by atomic mass is 32.2. The van der Waals surface area contributed by atoms with Crippen LogP contribution < -0.4 is 0 Å². The first-order valence-electron chi connectivity index (χ1n) is 7.72. The molecule has 3 aromatic carbocycles. The summed E-state index contributed by atoms with van der Waals surface area (Å²) in [5.74, 6) is 0. The fraction of sp³-hybridized carbons (Fsp3) is 0.100. The highest BCUT2D eigenvalue weighted by molar-refractivity contribution is 7.83. The van der Waals surface area contributed by atoms with Crippen molar-refractivity contribution < 1.29 is 4.21 Å². The van der Waals surface area contributed by atoms with Crippen LogP contribution in [0.25, 0.3) is 16.8 Å². The van der Waals surface area contributed by atoms with E-state index in [0.29, 0.717) is 0 Å². The molecular formula is C20H17NOS. The van der Waals surface area contributed by atoms with E-state index < -0.39 is 11.0 Å². The van der Waals surface area contributed by atoms with Crippen LogP contribution >= 0.6 is 0 Å². The number of rotatable bonds is 4. The summed E-state index contributed by atoms with van der Waals surface area (Å²) in [5, 5.41) is 2.21. The molecule has 1 saturated heterocycles. The molecule has 1 aliphatic rings. The lowest BCUT2D eigenvalue weighted by molar-refractivity contribution is 0.653. The van der Waals surface area contributed by atoms with Gasteiger partial charge in [0.25, 0.3) is 0 Å². The van der Waals surface area contributed by atoms with E-state index in [-0.39, 0.29) is 6.04 Å². The van der Waals surface area contributed by atoms with Gasteiger partial charge in [-0.15, -0.1) is 0 Å². The van der Waals surface area contributed by atoms with Crippen molar-refractivity contribution in [3.8, 4) is 0 Å². The van der Waals surface area contributed by atoms with E-state index >= 15 is 0 Å². The SMILES string of the molecule is O=[S@@](c1cccc2ccccc12)N1CC1/C=C/c1ccccc1. The van der Waals surface area contributed by atoms with Crippen LogP contribution in [0.1, 0.15) is 5.56 Å². The van der Waals surface area contributed by atoms with Crippen LogP contribution in [-0.2, 0) is 11.0 Å². The second-order valence-electron chi connectivity index (χ2n) is 5.66. The zero-order valence-corrected chi connectivity index (χ0v) is 13.4. The highest BCUT2D eigenvalue weighted by Crippen LogP contribution is 2.30. The van der Waals surface area contributed by atoms with E-state index in [0.717, 1.165) is 22.2 Å². The molecule has 1 heterocycles. The molecule has 0 aliphatic carbocycles. The third kappa shape index (κ3) is 2.98. The second kappa shape index (κ2) is 6.11. The lowest BCUT2D eigenvalue weighted by Gasteiger charge is -2.07. The summed E-state index contributed by atoms with van der Waals surface area (Å²) in [4.78, 5) is 0.902. The van der Waals surface area contributed by atoms with E-state index in [9.17, 15) is 4.21 Å². The van der Waals surface area contributed by atoms with Gasteiger partial charge in [0.1, 0.15) is 11.0 Å². The Morgan fingerprint density at radius 2 is 1.65 bits per heavy atom. The molecule has 0 bridgehead atoms. The molecule has 0 aromatic heterocycles. The van der Waals surface area contributed by atoms with E-state index in [4.69, 9.17) is 0 Å². The molecule has 1 fully saturated rings. The molecule has 3 aromatic rings. The molecule has 0 radical (unpaired) electrons. The molecule has 114 valence electrons. The molecule has 0 amide bonds. The Hall–Kier alpha value is -2.23. The lowest BCUT2D eigenvalue weighted by Crippen LogP contribution is -2.06. The van der Waals surface area contributed by atoms with Gasteiger partial charge in [-0.05, 0) is 22.4 Å². The first-order chi connectivity index (χ1) is 11.3. The van der Waals surface area contributed by atoms with Gasteiger partial charge in [-0.3, -0.25) is 0 Å². The minimum absolute atomic E-state index is 0.259. The van der Waals surface area contributed by atoms with E-state index in [1.165, 1.54) is 5.56 Å². The average molecular weight is 319 g/mol. The predicted molar refractivity (Wildman–Crippen MR) is 96.3 cm³/mol. The van der Waals surface area contributed by atoms with Crippen molar-refractivity contribution in [1.29, 1.82) is 0 Å². The minimum atomic E-state index is -1.10. The topological polar surface area (TPSA) is 20.1 Å². The normalized spacial score (nSPS) is 21.6. The van der Waals surface area contributed by atoms with Crippen LogP contribution in [0.4, 0.5) is 0 Å². The van der Waals surface area contributed by atoms with Crippen LogP contribution in [0.2, 0.25) is 0 Å². The standard InChI is InChI=1S/C20H17NOS/c22-23(20-12-6-10-17-9-4-5-11-19(17)20)21-15-18(21)14-13-16-7-2-1-3-8-16/h1-14,18H,15H2/b14-13+/t18?,21?,23-/m0/s1. The van der Waals surface area contributed by atoms with Crippen molar-refractivity contribution in [2.24, 2.45) is 0 Å². The Morgan fingerprint density at radius 3 is 2.52 bits per heavy atom. The van der Waals surface area contributed by atoms with Crippen LogP contribution in [0, 0.1) is 0 Å². The predicted octanol–water partition coefficient (Wildman–Crippen LogP) is 4.26. The van der Waals surface area contributed by atoms with Gasteiger partial charge in [0, 0.05) is 6.54 Å². The fourth-order valence-corrected chi connectivity index (χ4v) is 4.17. The summed E-state index contributed by atoms with van der Waals surface area (Å²) in [5.41, 5.74) is 1.18. The number of nitrogens with zero attached hydrogens (tertiary/aromatic N) is 1. The molecule has 23 heavy (non-hydrogen) atoms. The smallest absolute Gasteiger partial charge is 0.128 e. The molecule has 4 rings (SSSR count). The molecular weight excluding hydrogens is 302 g/mol. The van der Waals surface area contributed by atoms with Gasteiger partial charge in [0.15, 0.2) is 0 Å². The largest absolute Gasteiger partial charge is 0.237 e. The third-order valence-corrected chi connectivity index (χ3v) is 5.64. The molecule has 2 unspecified atom stereocenters. The quantitative estimate of drug-likeness (QED) is 0.658. The second-order valence-corrected chi connectivity index (χ2v) is 7.07. The summed E-state index contributed by atoms with van der Waals surface area (Å²) in [7, 11) is -1.10. The number of hydrogen-bond donors (Lipinski definition) is 0. The zero-order valence-electron chi connectivity index (χ0n) is 12.6. The van der Waals surface area contributed by atoms with E-state index in [1.54, 1.807) is 0 Å². The zero-order chi connectivity index (χ0) is 15.6. The van der Waals surface area contributed by atoms with Crippen molar-refractivity contribution in [3.63, 3.8) is 0 Å². The Kier molecular flexibility index (Phi) is 3.82. The van der Waals surface area contributed by atoms with Gasteiger partial charge in [-0.25, -0.2) is 8.51 Å². The number of hydrogen-bond acceptors (Lipinski definition) is 1. The van der Waals surface area contributed by atoms with Gasteiger partial charge in [-0.1, -0.05) is 78.9 Å². The van der Waals surface area contributed by atoms with Crippen molar-refractivity contribution >= 4 is 27.8 Å². The summed E-state index contributed by atoms with van der Waals surface area (Å²) in [6, 6.07) is 24.6. The molecule has 2 nitrogen and oxygen atoms in total. The highest BCUT2D eigenvalue weighted by Gasteiger charge is 2.37. The van der Waals surface area contributed by atoms with Gasteiger partial charge in [-0.2, -0.15) is 0 Å². The van der Waals surface area contributed by atoms with Crippen molar-refractivity contribution in [2.45, 2.75) is 10.9 Å². The molecule has 3 atom stereocenters. The summed E-state index contributed by atoms with van der Waals surface area (Å²) >= 11 is 0. The summed E-state index contributed by atoms with van der Waals surface area (Å²) < 4.78 is 14.9. The van der Waals surface area contributed by atoms with Crippen LogP contribution in [0.15, 0.2) is 83.8 Å². The first-order valence-corrected chi connectivity index (χ1v) is 8.83. The Labute approximate surface area is 138 Å². The maximum atomic E-state index is 12.8. The Morgan fingerprint density at radius 1 is 0.913 bits per heavy atom. The number of fused-ring (bicyclic) bond motifs is 1. The molecule has 1 aliphatic heterocycles. The summed E-state index contributed by atoms with van der Waals surface area (Å²) in [6.45, 7) is 0.846. The van der Waals surface area contributed by atoms with E-state index in [2.05, 4.69) is 36.4 Å². The lowest BCUT2D eigenvalue weighted by atomic mass is 10.1. The van der Waals surface area contributed by atoms with Crippen molar-refractivity contribution in [3.05, 3.63) is 84.4 Å². The fourth-order valence-electron chi connectivity index (χ4n) is 2.75. The number of benzene rings is 3. The molecule has 0 N–H and O–H groups in total. The molecule has 0 spiro atoms. The van der Waals surface area contributed by atoms with Crippen molar-refractivity contribution in [2.75, 3.05) is 6.54 Å². The van der Waals surface area contributed by atoms with Gasteiger partial charge in [0.2, 0.25) is 0 Å². The van der Waals surface area contributed by atoms with Crippen LogP contribution in [-0.4, -0.2) is 21.1 Å². The van der Waals surface area contributed by atoms with Gasteiger partial charge in [0.05, 0.1) is 10.9 Å². The molecule has 3 heteroatoms. The maximum absolute atomic E-state index is 12.8.